The third kappa shape index (κ3) is 2.29. The smallest absolute Gasteiger partial charge is 0.271 e. The highest BCUT2D eigenvalue weighted by Crippen LogP contribution is 2.31. The second kappa shape index (κ2) is 5.20. The second-order valence-electron chi connectivity index (χ2n) is 3.05. The van der Waals surface area contributed by atoms with Crippen molar-refractivity contribution in [3.05, 3.63) is 28.7 Å². The molecule has 0 saturated heterocycles. The number of rotatable bonds is 4. The second-order valence-corrected chi connectivity index (χ2v) is 4.85. The van der Waals surface area contributed by atoms with Crippen molar-refractivity contribution in [2.45, 2.75) is 0 Å². The molecule has 0 aliphatic carbocycles. The summed E-state index contributed by atoms with van der Waals surface area (Å²) in [5.41, 5.74) is 7.51. The minimum Gasteiger partial charge on any atom is -0.349 e. The molecule has 84 valence electrons. The molecule has 0 radical (unpaired) electrons. The Bertz CT molecular complexity index is 464. The van der Waals surface area contributed by atoms with Crippen LogP contribution in [0.15, 0.2) is 23.0 Å². The van der Waals surface area contributed by atoms with Gasteiger partial charge in [-0.3, -0.25) is 4.79 Å². The van der Waals surface area contributed by atoms with Crippen LogP contribution in [0.25, 0.3) is 9.75 Å². The number of carbonyl (C=O) groups is 1. The lowest BCUT2D eigenvalue weighted by Crippen LogP contribution is -2.29. The topological polar surface area (TPSA) is 68.0 Å². The number of hydrogen-bond donors (Lipinski definition) is 2. The van der Waals surface area contributed by atoms with Crippen LogP contribution < -0.4 is 11.1 Å². The molecule has 0 saturated carbocycles. The number of thiophene rings is 1. The van der Waals surface area contributed by atoms with Gasteiger partial charge in [-0.25, -0.2) is 4.98 Å². The highest BCUT2D eigenvalue weighted by atomic mass is 32.1. The molecule has 0 atom stereocenters. The zero-order chi connectivity index (χ0) is 11.4. The number of nitrogens with two attached hydrogens (primary N) is 1. The summed E-state index contributed by atoms with van der Waals surface area (Å²) in [6.07, 6.45) is 0. The molecule has 0 aliphatic heterocycles. The van der Waals surface area contributed by atoms with Gasteiger partial charge in [-0.2, -0.15) is 0 Å². The first-order valence-electron chi connectivity index (χ1n) is 4.78. The zero-order valence-electron chi connectivity index (χ0n) is 8.47. The van der Waals surface area contributed by atoms with Crippen molar-refractivity contribution < 1.29 is 4.79 Å². The lowest BCUT2D eigenvalue weighted by molar-refractivity contribution is 0.0951. The summed E-state index contributed by atoms with van der Waals surface area (Å²) in [7, 11) is 0. The summed E-state index contributed by atoms with van der Waals surface area (Å²) in [6, 6.07) is 3.94. The van der Waals surface area contributed by atoms with Gasteiger partial charge in [0.05, 0.1) is 10.4 Å². The third-order valence-electron chi connectivity index (χ3n) is 1.96. The summed E-state index contributed by atoms with van der Waals surface area (Å²) in [5, 5.41) is 4.70. The molecule has 2 aromatic heterocycles. The molecule has 0 unspecified atom stereocenters. The van der Waals surface area contributed by atoms with Crippen LogP contribution in [0.4, 0.5) is 0 Å². The SMILES string of the molecule is NCCNC(=O)c1ncsc1-c1cccs1. The molecule has 0 fully saturated rings. The molecular formula is C10H11N3OS2. The minimum absolute atomic E-state index is 0.157. The Morgan fingerprint density at radius 2 is 2.38 bits per heavy atom. The molecule has 2 aromatic rings. The van der Waals surface area contributed by atoms with Crippen molar-refractivity contribution in [3.63, 3.8) is 0 Å². The number of carbonyl (C=O) groups excluding carboxylic acids is 1. The quantitative estimate of drug-likeness (QED) is 0.869. The van der Waals surface area contributed by atoms with E-state index in [4.69, 9.17) is 5.73 Å². The van der Waals surface area contributed by atoms with Crippen molar-refractivity contribution >= 4 is 28.6 Å². The van der Waals surface area contributed by atoms with E-state index in [1.165, 1.54) is 11.3 Å². The van der Waals surface area contributed by atoms with E-state index in [2.05, 4.69) is 10.3 Å². The average Bonchev–Trinajstić information content (AvgIpc) is 2.94. The Kier molecular flexibility index (Phi) is 3.66. The normalized spacial score (nSPS) is 10.3. The van der Waals surface area contributed by atoms with Crippen LogP contribution in [-0.2, 0) is 0 Å². The van der Waals surface area contributed by atoms with Gasteiger partial charge in [-0.1, -0.05) is 6.07 Å². The molecule has 2 rings (SSSR count). The number of thiazole rings is 1. The van der Waals surface area contributed by atoms with Gasteiger partial charge in [0.25, 0.3) is 5.91 Å². The van der Waals surface area contributed by atoms with Gasteiger partial charge in [0.2, 0.25) is 0 Å². The number of hydrogen-bond acceptors (Lipinski definition) is 5. The molecule has 0 bridgehead atoms. The maximum atomic E-state index is 11.8. The summed E-state index contributed by atoms with van der Waals surface area (Å²) >= 11 is 3.08. The Balaban J connectivity index is 2.23. The van der Waals surface area contributed by atoms with Crippen molar-refractivity contribution in [1.29, 1.82) is 0 Å². The summed E-state index contributed by atoms with van der Waals surface area (Å²) < 4.78 is 0. The van der Waals surface area contributed by atoms with E-state index in [-0.39, 0.29) is 5.91 Å². The van der Waals surface area contributed by atoms with Crippen LogP contribution in [0.1, 0.15) is 10.5 Å². The fourth-order valence-electron chi connectivity index (χ4n) is 1.26. The van der Waals surface area contributed by atoms with Gasteiger partial charge in [-0.05, 0) is 11.4 Å². The van der Waals surface area contributed by atoms with Crippen LogP contribution >= 0.6 is 22.7 Å². The number of aromatic nitrogens is 1. The average molecular weight is 253 g/mol. The van der Waals surface area contributed by atoms with Gasteiger partial charge in [0.15, 0.2) is 0 Å². The van der Waals surface area contributed by atoms with Crippen LogP contribution in [0.3, 0.4) is 0 Å². The van der Waals surface area contributed by atoms with E-state index in [0.29, 0.717) is 18.8 Å². The molecule has 0 aliphatic rings. The molecule has 6 heteroatoms. The van der Waals surface area contributed by atoms with E-state index >= 15 is 0 Å². The molecular weight excluding hydrogens is 242 g/mol. The van der Waals surface area contributed by atoms with Gasteiger partial charge in [0.1, 0.15) is 5.69 Å². The first kappa shape index (κ1) is 11.3. The van der Waals surface area contributed by atoms with E-state index in [0.717, 1.165) is 9.75 Å². The van der Waals surface area contributed by atoms with Crippen molar-refractivity contribution in [1.82, 2.24) is 10.3 Å². The lowest BCUT2D eigenvalue weighted by atomic mass is 10.3. The molecule has 4 nitrogen and oxygen atoms in total. The summed E-state index contributed by atoms with van der Waals surface area (Å²) in [6.45, 7) is 0.907. The standard InChI is InChI=1S/C10H11N3OS2/c11-3-4-12-10(14)8-9(16-6-13-8)7-2-1-5-15-7/h1-2,5-6H,3-4,11H2,(H,12,14). The van der Waals surface area contributed by atoms with Crippen LogP contribution in [-0.4, -0.2) is 24.0 Å². The maximum absolute atomic E-state index is 11.8. The number of nitrogens with one attached hydrogen (secondary N) is 1. The van der Waals surface area contributed by atoms with E-state index in [1.54, 1.807) is 16.8 Å². The zero-order valence-corrected chi connectivity index (χ0v) is 10.1. The predicted octanol–water partition coefficient (Wildman–Crippen LogP) is 1.56. The molecule has 1 amide bonds. The van der Waals surface area contributed by atoms with Crippen molar-refractivity contribution in [2.24, 2.45) is 5.73 Å². The summed E-state index contributed by atoms with van der Waals surface area (Å²) in [4.78, 5) is 17.9. The highest BCUT2D eigenvalue weighted by molar-refractivity contribution is 7.20. The first-order valence-corrected chi connectivity index (χ1v) is 6.54. The molecule has 16 heavy (non-hydrogen) atoms. The molecule has 3 N–H and O–H groups in total. The predicted molar refractivity (Wildman–Crippen MR) is 66.8 cm³/mol. The largest absolute Gasteiger partial charge is 0.349 e. The van der Waals surface area contributed by atoms with E-state index < -0.39 is 0 Å². The maximum Gasteiger partial charge on any atom is 0.271 e. The van der Waals surface area contributed by atoms with Gasteiger partial charge >= 0.3 is 0 Å². The monoisotopic (exact) mass is 253 g/mol. The minimum atomic E-state index is -0.157. The Morgan fingerprint density at radius 3 is 3.06 bits per heavy atom. The Hall–Kier alpha value is -1.24. The first-order chi connectivity index (χ1) is 7.83. The Labute approximate surface area is 101 Å². The molecule has 0 aromatic carbocycles. The molecule has 0 spiro atoms. The number of nitrogens with zero attached hydrogens (tertiary/aromatic N) is 1. The summed E-state index contributed by atoms with van der Waals surface area (Å²) in [5.74, 6) is -0.157. The van der Waals surface area contributed by atoms with Gasteiger partial charge in [-0.15, -0.1) is 22.7 Å². The van der Waals surface area contributed by atoms with Crippen molar-refractivity contribution in [3.8, 4) is 9.75 Å². The Morgan fingerprint density at radius 1 is 1.50 bits per heavy atom. The lowest BCUT2D eigenvalue weighted by Gasteiger charge is -2.02. The fourth-order valence-corrected chi connectivity index (χ4v) is 2.92. The van der Waals surface area contributed by atoms with Crippen molar-refractivity contribution in [2.75, 3.05) is 13.1 Å². The third-order valence-corrected chi connectivity index (χ3v) is 3.83. The fraction of sp³-hybridized carbons (Fsp3) is 0.200. The van der Waals surface area contributed by atoms with Crippen LogP contribution in [0.5, 0.6) is 0 Å². The van der Waals surface area contributed by atoms with E-state index in [1.807, 2.05) is 17.5 Å². The number of amides is 1. The highest BCUT2D eigenvalue weighted by Gasteiger charge is 2.16. The van der Waals surface area contributed by atoms with Crippen LogP contribution in [0, 0.1) is 0 Å². The van der Waals surface area contributed by atoms with Crippen LogP contribution in [0.2, 0.25) is 0 Å². The molecule has 2 heterocycles. The van der Waals surface area contributed by atoms with E-state index in [9.17, 15) is 4.79 Å². The van der Waals surface area contributed by atoms with Gasteiger partial charge in [0, 0.05) is 18.0 Å². The van der Waals surface area contributed by atoms with Gasteiger partial charge < -0.3 is 11.1 Å².